The molecule has 0 saturated heterocycles. The van der Waals surface area contributed by atoms with Gasteiger partial charge in [-0.25, -0.2) is 0 Å². The summed E-state index contributed by atoms with van der Waals surface area (Å²) < 4.78 is 0. The quantitative estimate of drug-likeness (QED) is 0.577. The van der Waals surface area contributed by atoms with Crippen molar-refractivity contribution in [3.8, 4) is 0 Å². The van der Waals surface area contributed by atoms with Gasteiger partial charge >= 0.3 is 0 Å². The summed E-state index contributed by atoms with van der Waals surface area (Å²) in [7, 11) is 1.81. The van der Waals surface area contributed by atoms with Crippen molar-refractivity contribution in [3.63, 3.8) is 0 Å². The molecule has 0 rings (SSSR count). The van der Waals surface area contributed by atoms with Gasteiger partial charge < -0.3 is 15.7 Å². The summed E-state index contributed by atoms with van der Waals surface area (Å²) in [6, 6.07) is -0.107. The Morgan fingerprint density at radius 2 is 1.94 bits per heavy atom. The minimum atomic E-state index is -0.107. The predicted molar refractivity (Wildman–Crippen MR) is 66.2 cm³/mol. The van der Waals surface area contributed by atoms with Gasteiger partial charge in [0.25, 0.3) is 0 Å². The van der Waals surface area contributed by atoms with E-state index in [-0.39, 0.29) is 24.5 Å². The van der Waals surface area contributed by atoms with Crippen LogP contribution in [0.1, 0.15) is 33.6 Å². The van der Waals surface area contributed by atoms with E-state index in [9.17, 15) is 4.79 Å². The Kier molecular flexibility index (Phi) is 8.21. The lowest BCUT2D eigenvalue weighted by Crippen LogP contribution is -2.43. The molecule has 0 aliphatic heterocycles. The Labute approximate surface area is 98.8 Å². The molecule has 16 heavy (non-hydrogen) atoms. The second-order valence-electron chi connectivity index (χ2n) is 4.84. The molecule has 2 atom stereocenters. The van der Waals surface area contributed by atoms with Crippen LogP contribution in [0.25, 0.3) is 0 Å². The highest BCUT2D eigenvalue weighted by atomic mass is 16.3. The fourth-order valence-electron chi connectivity index (χ4n) is 1.48. The van der Waals surface area contributed by atoms with E-state index in [2.05, 4.69) is 24.5 Å². The van der Waals surface area contributed by atoms with Crippen LogP contribution in [0.2, 0.25) is 0 Å². The molecule has 96 valence electrons. The van der Waals surface area contributed by atoms with Gasteiger partial charge in [-0.15, -0.1) is 0 Å². The number of likely N-dealkylation sites (N-methyl/N-ethyl adjacent to an activating group) is 1. The number of rotatable bonds is 8. The number of nitrogens with one attached hydrogen (secondary N) is 2. The summed E-state index contributed by atoms with van der Waals surface area (Å²) in [6.07, 6.45) is 1.66. The third-order valence-electron chi connectivity index (χ3n) is 2.62. The number of hydrogen-bond acceptors (Lipinski definition) is 3. The van der Waals surface area contributed by atoms with Crippen LogP contribution in [-0.2, 0) is 4.79 Å². The number of carbonyl (C=O) groups excluding carboxylic acids is 1. The molecule has 4 heteroatoms. The SMILES string of the molecule is CN[C@@H](CC(C)C)C(=O)NCCC(C)CO. The lowest BCUT2D eigenvalue weighted by atomic mass is 10.0. The highest BCUT2D eigenvalue weighted by molar-refractivity contribution is 5.81. The van der Waals surface area contributed by atoms with Gasteiger partial charge in [0.2, 0.25) is 5.91 Å². The maximum absolute atomic E-state index is 11.7. The molecule has 0 aromatic heterocycles. The van der Waals surface area contributed by atoms with Crippen molar-refractivity contribution in [2.75, 3.05) is 20.2 Å². The van der Waals surface area contributed by atoms with Crippen LogP contribution in [0.3, 0.4) is 0 Å². The second kappa shape index (κ2) is 8.53. The molecule has 0 heterocycles. The Morgan fingerprint density at radius 3 is 2.38 bits per heavy atom. The lowest BCUT2D eigenvalue weighted by molar-refractivity contribution is -0.123. The average Bonchev–Trinajstić information content (AvgIpc) is 2.24. The molecule has 0 aromatic rings. The number of amides is 1. The Morgan fingerprint density at radius 1 is 1.31 bits per heavy atom. The Hall–Kier alpha value is -0.610. The Balaban J connectivity index is 3.84. The topological polar surface area (TPSA) is 61.4 Å². The van der Waals surface area contributed by atoms with Crippen molar-refractivity contribution in [3.05, 3.63) is 0 Å². The molecule has 0 fully saturated rings. The first-order chi connectivity index (χ1) is 7.51. The van der Waals surface area contributed by atoms with Gasteiger partial charge in [0, 0.05) is 13.2 Å². The molecule has 1 unspecified atom stereocenters. The highest BCUT2D eigenvalue weighted by Gasteiger charge is 2.17. The fourth-order valence-corrected chi connectivity index (χ4v) is 1.48. The van der Waals surface area contributed by atoms with Crippen LogP contribution in [0.15, 0.2) is 0 Å². The molecule has 0 aliphatic rings. The molecule has 0 spiro atoms. The monoisotopic (exact) mass is 230 g/mol. The molecule has 4 nitrogen and oxygen atoms in total. The van der Waals surface area contributed by atoms with Crippen LogP contribution in [-0.4, -0.2) is 37.3 Å². The maximum Gasteiger partial charge on any atom is 0.237 e. The van der Waals surface area contributed by atoms with Crippen LogP contribution in [0.4, 0.5) is 0 Å². The lowest BCUT2D eigenvalue weighted by Gasteiger charge is -2.18. The smallest absolute Gasteiger partial charge is 0.237 e. The summed E-state index contributed by atoms with van der Waals surface area (Å²) in [4.78, 5) is 11.7. The normalized spacial score (nSPS) is 14.9. The van der Waals surface area contributed by atoms with E-state index in [1.165, 1.54) is 0 Å². The van der Waals surface area contributed by atoms with Gasteiger partial charge in [0.05, 0.1) is 6.04 Å². The minimum Gasteiger partial charge on any atom is -0.396 e. The summed E-state index contributed by atoms with van der Waals surface area (Å²) in [6.45, 7) is 6.99. The summed E-state index contributed by atoms with van der Waals surface area (Å²) in [5.74, 6) is 0.805. The van der Waals surface area contributed by atoms with Crippen molar-refractivity contribution < 1.29 is 9.90 Å². The zero-order valence-corrected chi connectivity index (χ0v) is 10.9. The Bertz CT molecular complexity index is 195. The van der Waals surface area contributed by atoms with Gasteiger partial charge in [0.1, 0.15) is 0 Å². The number of carbonyl (C=O) groups is 1. The average molecular weight is 230 g/mol. The molecule has 0 saturated carbocycles. The predicted octanol–water partition coefficient (Wildman–Crippen LogP) is 0.755. The maximum atomic E-state index is 11.7. The molecule has 0 radical (unpaired) electrons. The third-order valence-corrected chi connectivity index (χ3v) is 2.62. The van der Waals surface area contributed by atoms with Gasteiger partial charge in [-0.2, -0.15) is 0 Å². The van der Waals surface area contributed by atoms with Gasteiger partial charge in [-0.05, 0) is 31.7 Å². The highest BCUT2D eigenvalue weighted by Crippen LogP contribution is 2.04. The summed E-state index contributed by atoms with van der Waals surface area (Å²) in [5, 5.41) is 14.8. The first-order valence-corrected chi connectivity index (χ1v) is 6.07. The van der Waals surface area contributed by atoms with E-state index in [0.29, 0.717) is 12.5 Å². The summed E-state index contributed by atoms with van der Waals surface area (Å²) in [5.41, 5.74) is 0. The molecular formula is C12H26N2O2. The molecule has 0 bridgehead atoms. The fraction of sp³-hybridized carbons (Fsp3) is 0.917. The van der Waals surface area contributed by atoms with Crippen molar-refractivity contribution in [2.45, 2.75) is 39.7 Å². The first-order valence-electron chi connectivity index (χ1n) is 6.07. The molecule has 0 aromatic carbocycles. The van der Waals surface area contributed by atoms with Gasteiger partial charge in [-0.3, -0.25) is 4.79 Å². The van der Waals surface area contributed by atoms with E-state index >= 15 is 0 Å². The van der Waals surface area contributed by atoms with Gasteiger partial charge in [0.15, 0.2) is 0 Å². The van der Waals surface area contributed by atoms with Crippen LogP contribution >= 0.6 is 0 Å². The van der Waals surface area contributed by atoms with Crippen molar-refractivity contribution in [2.24, 2.45) is 11.8 Å². The van der Waals surface area contributed by atoms with E-state index < -0.39 is 0 Å². The third kappa shape index (κ3) is 6.80. The molecule has 3 N–H and O–H groups in total. The molecule has 0 aliphatic carbocycles. The van der Waals surface area contributed by atoms with Crippen molar-refractivity contribution >= 4 is 5.91 Å². The largest absolute Gasteiger partial charge is 0.396 e. The molecular weight excluding hydrogens is 204 g/mol. The first kappa shape index (κ1) is 15.4. The number of aliphatic hydroxyl groups is 1. The second-order valence-corrected chi connectivity index (χ2v) is 4.84. The van der Waals surface area contributed by atoms with Gasteiger partial charge in [-0.1, -0.05) is 20.8 Å². The number of aliphatic hydroxyl groups excluding tert-OH is 1. The minimum absolute atomic E-state index is 0.0568. The van der Waals surface area contributed by atoms with Crippen LogP contribution < -0.4 is 10.6 Å². The van der Waals surface area contributed by atoms with Crippen LogP contribution in [0.5, 0.6) is 0 Å². The molecule has 1 amide bonds. The summed E-state index contributed by atoms with van der Waals surface area (Å²) >= 11 is 0. The van der Waals surface area contributed by atoms with Crippen molar-refractivity contribution in [1.82, 2.24) is 10.6 Å². The van der Waals surface area contributed by atoms with Crippen molar-refractivity contribution in [1.29, 1.82) is 0 Å². The zero-order chi connectivity index (χ0) is 12.6. The number of hydrogen-bond donors (Lipinski definition) is 3. The van der Waals surface area contributed by atoms with E-state index in [1.807, 2.05) is 14.0 Å². The van der Waals surface area contributed by atoms with E-state index in [4.69, 9.17) is 5.11 Å². The van der Waals surface area contributed by atoms with E-state index in [1.54, 1.807) is 0 Å². The van der Waals surface area contributed by atoms with E-state index in [0.717, 1.165) is 12.8 Å². The van der Waals surface area contributed by atoms with Crippen LogP contribution in [0, 0.1) is 11.8 Å². The standard InChI is InChI=1S/C12H26N2O2/c1-9(2)7-11(13-4)12(16)14-6-5-10(3)8-15/h9-11,13,15H,5-8H2,1-4H3,(H,14,16)/t10?,11-/m0/s1. The zero-order valence-electron chi connectivity index (χ0n) is 10.9.